The van der Waals surface area contributed by atoms with Crippen molar-refractivity contribution in [3.8, 4) is 0 Å². The number of carbonyl (C=O) groups excluding carboxylic acids is 1. The summed E-state index contributed by atoms with van der Waals surface area (Å²) in [7, 11) is 0. The molecule has 3 atom stereocenters. The highest BCUT2D eigenvalue weighted by Gasteiger charge is 2.54. The number of rotatable bonds is 4. The molecule has 0 heterocycles. The van der Waals surface area contributed by atoms with E-state index in [9.17, 15) is 4.79 Å². The number of anilines is 1. The van der Waals surface area contributed by atoms with Crippen molar-refractivity contribution in [2.24, 2.45) is 0 Å². The van der Waals surface area contributed by atoms with Crippen LogP contribution in [0.3, 0.4) is 0 Å². The second-order valence-corrected chi connectivity index (χ2v) is 7.69. The molecule has 0 spiro atoms. The zero-order valence-corrected chi connectivity index (χ0v) is 15.9. The fourth-order valence-electron chi connectivity index (χ4n) is 4.24. The van der Waals surface area contributed by atoms with Gasteiger partial charge in [-0.05, 0) is 48.9 Å². The molecule has 0 aromatic heterocycles. The van der Waals surface area contributed by atoms with Gasteiger partial charge in [-0.1, -0.05) is 78.4 Å². The highest BCUT2D eigenvalue weighted by Crippen LogP contribution is 2.52. The van der Waals surface area contributed by atoms with Gasteiger partial charge >= 0.3 is 0 Å². The predicted octanol–water partition coefficient (Wildman–Crippen LogP) is 6.00. The Labute approximate surface area is 165 Å². The van der Waals surface area contributed by atoms with Crippen molar-refractivity contribution in [1.29, 1.82) is 0 Å². The van der Waals surface area contributed by atoms with E-state index in [1.807, 2.05) is 55.5 Å². The Kier molecular flexibility index (Phi) is 4.99. The number of benzene rings is 3. The highest BCUT2D eigenvalue weighted by molar-refractivity contribution is 5.98. The Hall–Kier alpha value is -2.94. The van der Waals surface area contributed by atoms with Crippen LogP contribution in [0.5, 0.6) is 0 Å². The zero-order valence-electron chi connectivity index (χ0n) is 15.9. The standard InChI is InChI=1S/C25H24FNO/c1-18-12-14-19(15-13-18)21-16-23(20-8-4-2-5-9-20)25(26,17-21)24(28)27-22-10-6-3-7-11-22/h2-15,21,23H,16-17H2,1H3,(H,27,28)/t21-,23+,25-/m1/s1. The lowest BCUT2D eigenvalue weighted by Gasteiger charge is -2.26. The molecule has 1 amide bonds. The maximum Gasteiger partial charge on any atom is 0.262 e. The van der Waals surface area contributed by atoms with Gasteiger partial charge in [0.25, 0.3) is 5.91 Å². The average Bonchev–Trinajstić information content (AvgIpc) is 3.09. The van der Waals surface area contributed by atoms with Crippen molar-refractivity contribution < 1.29 is 9.18 Å². The Balaban J connectivity index is 1.67. The summed E-state index contributed by atoms with van der Waals surface area (Å²) in [5.74, 6) is -1.01. The predicted molar refractivity (Wildman–Crippen MR) is 111 cm³/mol. The van der Waals surface area contributed by atoms with Crippen LogP contribution in [0.1, 0.15) is 41.4 Å². The van der Waals surface area contributed by atoms with Gasteiger partial charge in [0.05, 0.1) is 0 Å². The number of carbonyl (C=O) groups is 1. The van der Waals surface area contributed by atoms with E-state index < -0.39 is 17.5 Å². The molecule has 4 rings (SSSR count). The first-order valence-corrected chi connectivity index (χ1v) is 9.73. The van der Waals surface area contributed by atoms with E-state index in [0.29, 0.717) is 12.1 Å². The minimum absolute atomic E-state index is 0.0114. The van der Waals surface area contributed by atoms with Crippen LogP contribution in [0.4, 0.5) is 10.1 Å². The largest absolute Gasteiger partial charge is 0.323 e. The van der Waals surface area contributed by atoms with E-state index in [2.05, 4.69) is 29.6 Å². The number of alkyl halides is 1. The van der Waals surface area contributed by atoms with Crippen molar-refractivity contribution >= 4 is 11.6 Å². The summed E-state index contributed by atoms with van der Waals surface area (Å²) in [6.07, 6.45) is 0.806. The number of nitrogens with one attached hydrogen (secondary N) is 1. The fourth-order valence-corrected chi connectivity index (χ4v) is 4.24. The van der Waals surface area contributed by atoms with Gasteiger partial charge in [-0.25, -0.2) is 4.39 Å². The molecule has 0 aliphatic heterocycles. The topological polar surface area (TPSA) is 29.1 Å². The molecule has 1 aliphatic carbocycles. The van der Waals surface area contributed by atoms with Crippen molar-refractivity contribution in [3.63, 3.8) is 0 Å². The third-order valence-corrected chi connectivity index (χ3v) is 5.78. The normalized spacial score (nSPS) is 24.1. The molecule has 0 saturated heterocycles. The minimum atomic E-state index is -1.95. The average molecular weight is 373 g/mol. The van der Waals surface area contributed by atoms with Crippen LogP contribution in [0.15, 0.2) is 84.9 Å². The summed E-state index contributed by atoms with van der Waals surface area (Å²) in [5.41, 5.74) is 1.82. The van der Waals surface area contributed by atoms with Crippen LogP contribution >= 0.6 is 0 Å². The van der Waals surface area contributed by atoms with E-state index in [1.165, 1.54) is 5.56 Å². The second-order valence-electron chi connectivity index (χ2n) is 7.69. The first-order chi connectivity index (χ1) is 13.6. The Bertz CT molecular complexity index is 939. The summed E-state index contributed by atoms with van der Waals surface area (Å²) < 4.78 is 16.3. The Morgan fingerprint density at radius 3 is 2.14 bits per heavy atom. The molecule has 0 bridgehead atoms. The molecule has 2 nitrogen and oxygen atoms in total. The summed E-state index contributed by atoms with van der Waals surface area (Å²) in [4.78, 5) is 13.1. The summed E-state index contributed by atoms with van der Waals surface area (Å²) in [6.45, 7) is 2.04. The zero-order chi connectivity index (χ0) is 19.6. The molecule has 3 aromatic carbocycles. The summed E-state index contributed by atoms with van der Waals surface area (Å²) >= 11 is 0. The van der Waals surface area contributed by atoms with Crippen molar-refractivity contribution in [2.75, 3.05) is 5.32 Å². The maximum absolute atomic E-state index is 16.3. The quantitative estimate of drug-likeness (QED) is 0.597. The first-order valence-electron chi connectivity index (χ1n) is 9.73. The highest BCUT2D eigenvalue weighted by atomic mass is 19.1. The van der Waals surface area contributed by atoms with Crippen molar-refractivity contribution in [1.82, 2.24) is 0 Å². The van der Waals surface area contributed by atoms with E-state index in [0.717, 1.165) is 11.1 Å². The van der Waals surface area contributed by atoms with Crippen LogP contribution in [0.25, 0.3) is 0 Å². The number of aryl methyl sites for hydroxylation is 1. The van der Waals surface area contributed by atoms with E-state index in [4.69, 9.17) is 0 Å². The van der Waals surface area contributed by atoms with Gasteiger partial charge in [-0.2, -0.15) is 0 Å². The minimum Gasteiger partial charge on any atom is -0.323 e. The number of para-hydroxylation sites is 1. The van der Waals surface area contributed by atoms with Gasteiger partial charge in [0, 0.05) is 11.6 Å². The summed E-state index contributed by atoms with van der Waals surface area (Å²) in [5, 5.41) is 2.79. The number of amides is 1. The fraction of sp³-hybridized carbons (Fsp3) is 0.240. The SMILES string of the molecule is Cc1ccc([C@@H]2C[C@@H](c3ccccc3)[C@@](F)(C(=O)Nc3ccccc3)C2)cc1. The second kappa shape index (κ2) is 7.59. The maximum atomic E-state index is 16.3. The molecule has 28 heavy (non-hydrogen) atoms. The molecule has 0 radical (unpaired) electrons. The Morgan fingerprint density at radius 1 is 0.893 bits per heavy atom. The van der Waals surface area contributed by atoms with Crippen LogP contribution in [0, 0.1) is 6.92 Å². The van der Waals surface area contributed by atoms with E-state index >= 15 is 4.39 Å². The lowest BCUT2D eigenvalue weighted by atomic mass is 9.85. The number of halogens is 1. The monoisotopic (exact) mass is 373 g/mol. The van der Waals surface area contributed by atoms with Gasteiger partial charge in [-0.15, -0.1) is 0 Å². The van der Waals surface area contributed by atoms with Crippen molar-refractivity contribution in [3.05, 3.63) is 102 Å². The molecule has 3 heteroatoms. The van der Waals surface area contributed by atoms with Gasteiger partial charge in [0.15, 0.2) is 5.67 Å². The molecule has 1 N–H and O–H groups in total. The summed E-state index contributed by atoms with van der Waals surface area (Å²) in [6, 6.07) is 26.9. The lowest BCUT2D eigenvalue weighted by Crippen LogP contribution is -2.41. The molecular weight excluding hydrogens is 349 g/mol. The molecule has 1 fully saturated rings. The van der Waals surface area contributed by atoms with Crippen molar-refractivity contribution in [2.45, 2.75) is 37.3 Å². The number of hydrogen-bond acceptors (Lipinski definition) is 1. The molecular formula is C25H24FNO. The third-order valence-electron chi connectivity index (χ3n) is 5.78. The molecule has 142 valence electrons. The van der Waals surface area contributed by atoms with E-state index in [1.54, 1.807) is 12.1 Å². The van der Waals surface area contributed by atoms with Gasteiger partial charge in [-0.3, -0.25) is 4.79 Å². The van der Waals surface area contributed by atoms with Crippen LogP contribution in [-0.2, 0) is 4.79 Å². The van der Waals surface area contributed by atoms with Gasteiger partial charge in [0.1, 0.15) is 0 Å². The molecule has 1 aliphatic rings. The molecule has 3 aromatic rings. The van der Waals surface area contributed by atoms with E-state index in [-0.39, 0.29) is 12.3 Å². The van der Waals surface area contributed by atoms with Gasteiger partial charge in [0.2, 0.25) is 0 Å². The molecule has 0 unspecified atom stereocenters. The van der Waals surface area contributed by atoms with Crippen LogP contribution < -0.4 is 5.32 Å². The Morgan fingerprint density at radius 2 is 1.50 bits per heavy atom. The smallest absolute Gasteiger partial charge is 0.262 e. The number of hydrogen-bond donors (Lipinski definition) is 1. The first kappa shape index (κ1) is 18.4. The van der Waals surface area contributed by atoms with Crippen LogP contribution in [0.2, 0.25) is 0 Å². The third kappa shape index (κ3) is 3.57. The lowest BCUT2D eigenvalue weighted by molar-refractivity contribution is -0.128. The van der Waals surface area contributed by atoms with Crippen LogP contribution in [-0.4, -0.2) is 11.6 Å². The molecule has 1 saturated carbocycles. The van der Waals surface area contributed by atoms with Gasteiger partial charge < -0.3 is 5.32 Å².